The number of nitrogens with one attached hydrogen (secondary N) is 1. The van der Waals surface area contributed by atoms with E-state index in [1.54, 1.807) is 6.20 Å². The van der Waals surface area contributed by atoms with Gasteiger partial charge in [0, 0.05) is 18.3 Å². The Kier molecular flexibility index (Phi) is 5.40. The van der Waals surface area contributed by atoms with Crippen LogP contribution in [0.3, 0.4) is 0 Å². The van der Waals surface area contributed by atoms with Crippen molar-refractivity contribution in [2.75, 3.05) is 25.4 Å². The minimum atomic E-state index is -0.440. The first-order valence-electron chi connectivity index (χ1n) is 10.7. The van der Waals surface area contributed by atoms with Crippen LogP contribution in [-0.2, 0) is 6.54 Å². The molecule has 9 heteroatoms. The molecular weight excluding hydrogens is 409 g/mol. The third-order valence-corrected chi connectivity index (χ3v) is 5.69. The van der Waals surface area contributed by atoms with Crippen LogP contribution in [0.4, 0.5) is 10.2 Å². The van der Waals surface area contributed by atoms with E-state index in [0.29, 0.717) is 41.6 Å². The van der Waals surface area contributed by atoms with Crippen molar-refractivity contribution in [3.63, 3.8) is 0 Å². The smallest absolute Gasteiger partial charge is 0.320 e. The molecule has 3 aromatic heterocycles. The Morgan fingerprint density at radius 2 is 2.03 bits per heavy atom. The summed E-state index contributed by atoms with van der Waals surface area (Å²) in [4.78, 5) is 17.4. The lowest BCUT2D eigenvalue weighted by Gasteiger charge is -2.12. The van der Waals surface area contributed by atoms with E-state index in [1.807, 2.05) is 11.5 Å². The number of anilines is 1. The number of pyridine rings is 1. The molecule has 0 amide bonds. The van der Waals surface area contributed by atoms with Gasteiger partial charge in [-0.2, -0.15) is 9.97 Å². The highest BCUT2D eigenvalue weighted by Gasteiger charge is 2.20. The molecule has 1 aliphatic heterocycles. The van der Waals surface area contributed by atoms with Crippen molar-refractivity contribution in [3.05, 3.63) is 59.7 Å². The van der Waals surface area contributed by atoms with Crippen LogP contribution < -0.4 is 15.8 Å². The molecule has 0 aliphatic carbocycles. The summed E-state index contributed by atoms with van der Waals surface area (Å²) in [5, 5.41) is 3.41. The molecule has 1 atom stereocenters. The molecule has 5 rings (SSSR count). The molecule has 0 saturated carbocycles. The summed E-state index contributed by atoms with van der Waals surface area (Å²) in [6.07, 6.45) is 3.89. The van der Waals surface area contributed by atoms with Crippen LogP contribution in [-0.4, -0.2) is 44.2 Å². The summed E-state index contributed by atoms with van der Waals surface area (Å²) in [5.74, 6) is 0.843. The number of aromatic nitrogens is 5. The maximum atomic E-state index is 13.9. The molecule has 0 spiro atoms. The van der Waals surface area contributed by atoms with Gasteiger partial charge in [0.05, 0.1) is 19.3 Å². The average Bonchev–Trinajstić information content (AvgIpc) is 3.44. The fourth-order valence-electron chi connectivity index (χ4n) is 4.12. The minimum absolute atomic E-state index is 0.187. The van der Waals surface area contributed by atoms with E-state index in [9.17, 15) is 4.39 Å². The predicted molar refractivity (Wildman–Crippen MR) is 120 cm³/mol. The maximum Gasteiger partial charge on any atom is 0.320 e. The second-order valence-corrected chi connectivity index (χ2v) is 7.84. The summed E-state index contributed by atoms with van der Waals surface area (Å²) < 4.78 is 21.3. The molecule has 4 aromatic rings. The van der Waals surface area contributed by atoms with Gasteiger partial charge in [-0.25, -0.2) is 9.37 Å². The second kappa shape index (κ2) is 8.51. The van der Waals surface area contributed by atoms with Crippen molar-refractivity contribution in [1.29, 1.82) is 0 Å². The molecule has 1 unspecified atom stereocenters. The van der Waals surface area contributed by atoms with Crippen LogP contribution >= 0.6 is 0 Å². The van der Waals surface area contributed by atoms with Gasteiger partial charge < -0.3 is 20.4 Å². The van der Waals surface area contributed by atoms with E-state index < -0.39 is 5.82 Å². The lowest BCUT2D eigenvalue weighted by atomic mass is 9.97. The fourth-order valence-corrected chi connectivity index (χ4v) is 4.12. The molecule has 1 saturated heterocycles. The zero-order chi connectivity index (χ0) is 22.1. The normalized spacial score (nSPS) is 16.0. The van der Waals surface area contributed by atoms with Gasteiger partial charge in [-0.3, -0.25) is 4.98 Å². The summed E-state index contributed by atoms with van der Waals surface area (Å²) in [6.45, 7) is 4.82. The molecule has 0 bridgehead atoms. The molecule has 1 aromatic carbocycles. The molecule has 8 nitrogen and oxygen atoms in total. The number of halogens is 1. The zero-order valence-corrected chi connectivity index (χ0v) is 17.8. The van der Waals surface area contributed by atoms with Gasteiger partial charge in [-0.15, -0.1) is 0 Å². The number of hydrogen-bond acceptors (Lipinski definition) is 7. The molecule has 0 radical (unpaired) electrons. The van der Waals surface area contributed by atoms with Crippen molar-refractivity contribution >= 4 is 17.0 Å². The molecule has 1 fully saturated rings. The first kappa shape index (κ1) is 20.3. The number of benzene rings is 1. The van der Waals surface area contributed by atoms with E-state index in [0.717, 1.165) is 31.3 Å². The van der Waals surface area contributed by atoms with Gasteiger partial charge in [0.1, 0.15) is 11.6 Å². The van der Waals surface area contributed by atoms with Gasteiger partial charge >= 0.3 is 6.01 Å². The molecule has 164 valence electrons. The van der Waals surface area contributed by atoms with Gasteiger partial charge in [0.2, 0.25) is 0 Å². The number of nitrogen functional groups attached to an aromatic ring is 1. The van der Waals surface area contributed by atoms with E-state index in [-0.39, 0.29) is 11.8 Å². The molecular formula is C23H24FN7O. The van der Waals surface area contributed by atoms with Crippen LogP contribution in [0.15, 0.2) is 42.7 Å². The molecule has 4 heterocycles. The quantitative estimate of drug-likeness (QED) is 0.481. The Hall–Kier alpha value is -3.59. The van der Waals surface area contributed by atoms with Gasteiger partial charge in [0.15, 0.2) is 17.0 Å². The zero-order valence-electron chi connectivity index (χ0n) is 17.8. The maximum absolute atomic E-state index is 13.9. The number of nitrogens with zero attached hydrogens (tertiary/aromatic N) is 5. The Bertz CT molecular complexity index is 1250. The first-order valence-corrected chi connectivity index (χ1v) is 10.7. The number of ether oxygens (including phenoxy) is 1. The average molecular weight is 433 g/mol. The number of imidazole rings is 1. The topological polar surface area (TPSA) is 104 Å². The van der Waals surface area contributed by atoms with Crippen LogP contribution in [0.5, 0.6) is 6.01 Å². The lowest BCUT2D eigenvalue weighted by molar-refractivity contribution is 0.314. The fraction of sp³-hybridized carbons (Fsp3) is 0.304. The van der Waals surface area contributed by atoms with Crippen molar-refractivity contribution in [1.82, 2.24) is 29.8 Å². The predicted octanol–water partition coefficient (Wildman–Crippen LogP) is 3.13. The van der Waals surface area contributed by atoms with Crippen molar-refractivity contribution in [2.45, 2.75) is 25.8 Å². The van der Waals surface area contributed by atoms with E-state index >= 15 is 0 Å². The SMILES string of the molecule is CCOc1nc(N)c2nc(-c3cncc(F)c3)n(Cc3ccc(C4CCNC4)cc3)c2n1. The van der Waals surface area contributed by atoms with Crippen LogP contribution in [0, 0.1) is 5.82 Å². The highest BCUT2D eigenvalue weighted by molar-refractivity contribution is 5.85. The molecule has 1 aliphatic rings. The monoisotopic (exact) mass is 433 g/mol. The second-order valence-electron chi connectivity index (χ2n) is 7.84. The van der Waals surface area contributed by atoms with Crippen molar-refractivity contribution in [2.24, 2.45) is 0 Å². The molecule has 3 N–H and O–H groups in total. The van der Waals surface area contributed by atoms with Crippen molar-refractivity contribution in [3.8, 4) is 17.4 Å². The number of fused-ring (bicyclic) bond motifs is 1. The largest absolute Gasteiger partial charge is 0.464 e. The van der Waals surface area contributed by atoms with E-state index in [2.05, 4.69) is 49.5 Å². The highest BCUT2D eigenvalue weighted by Crippen LogP contribution is 2.29. The summed E-state index contributed by atoms with van der Waals surface area (Å²) in [6, 6.07) is 10.2. The first-order chi connectivity index (χ1) is 15.6. The van der Waals surface area contributed by atoms with Crippen LogP contribution in [0.1, 0.15) is 30.4 Å². The lowest BCUT2D eigenvalue weighted by Crippen LogP contribution is -2.08. The number of nitrogens with two attached hydrogens (primary N) is 1. The Morgan fingerprint density at radius 1 is 1.19 bits per heavy atom. The summed E-state index contributed by atoms with van der Waals surface area (Å²) in [7, 11) is 0. The third kappa shape index (κ3) is 3.87. The Morgan fingerprint density at radius 3 is 2.75 bits per heavy atom. The standard InChI is InChI=1S/C23H24FN7O/c1-2-32-23-29-20(25)19-22(30-23)31(21(28-19)17-9-18(24)12-27-11-17)13-14-3-5-15(6-4-14)16-7-8-26-10-16/h3-6,9,11-12,16,26H,2,7-8,10,13H2,1H3,(H2,25,29,30). The summed E-state index contributed by atoms with van der Waals surface area (Å²) in [5.41, 5.74) is 10.1. The Balaban J connectivity index is 1.59. The van der Waals surface area contributed by atoms with Gasteiger partial charge in [0.25, 0.3) is 0 Å². The number of hydrogen-bond donors (Lipinski definition) is 2. The van der Waals surface area contributed by atoms with E-state index in [1.165, 1.54) is 11.6 Å². The van der Waals surface area contributed by atoms with Crippen molar-refractivity contribution < 1.29 is 9.13 Å². The highest BCUT2D eigenvalue weighted by atomic mass is 19.1. The summed E-state index contributed by atoms with van der Waals surface area (Å²) >= 11 is 0. The Labute approximate surface area is 184 Å². The van der Waals surface area contributed by atoms with Gasteiger partial charge in [-0.05, 0) is 43.0 Å². The molecule has 32 heavy (non-hydrogen) atoms. The van der Waals surface area contributed by atoms with Gasteiger partial charge in [-0.1, -0.05) is 24.3 Å². The minimum Gasteiger partial charge on any atom is -0.464 e. The van der Waals surface area contributed by atoms with Crippen LogP contribution in [0.2, 0.25) is 0 Å². The van der Waals surface area contributed by atoms with Crippen LogP contribution in [0.25, 0.3) is 22.6 Å². The van der Waals surface area contributed by atoms with E-state index in [4.69, 9.17) is 10.5 Å². The third-order valence-electron chi connectivity index (χ3n) is 5.69. The number of rotatable bonds is 6.